The van der Waals surface area contributed by atoms with Crippen LogP contribution in [0.1, 0.15) is 52.4 Å². The van der Waals surface area contributed by atoms with E-state index in [0.29, 0.717) is 12.6 Å². The molecule has 2 rings (SSSR count). The van der Waals surface area contributed by atoms with Crippen molar-refractivity contribution in [2.75, 3.05) is 6.61 Å². The summed E-state index contributed by atoms with van der Waals surface area (Å²) >= 11 is 0. The average Bonchev–Trinajstić information content (AvgIpc) is 2.26. The molecule has 3 nitrogen and oxygen atoms in total. The van der Waals surface area contributed by atoms with Crippen molar-refractivity contribution in [1.82, 2.24) is 5.32 Å². The molecule has 0 bridgehead atoms. The van der Waals surface area contributed by atoms with Crippen LogP contribution in [0, 0.1) is 52.3 Å². The molecule has 1 aliphatic heterocycles. The van der Waals surface area contributed by atoms with E-state index in [2.05, 4.69) is 25.6 Å². The normalized spacial score (nSPS) is 27.5. The molecule has 0 aromatic rings. The third kappa shape index (κ3) is 5.84. The molecule has 19 heavy (non-hydrogen) atoms. The third-order valence-electron chi connectivity index (χ3n) is 4.23. The van der Waals surface area contributed by atoms with Gasteiger partial charge in [0.05, 0.1) is 6.10 Å². The Morgan fingerprint density at radius 3 is 2.37 bits per heavy atom. The van der Waals surface area contributed by atoms with Crippen LogP contribution in [0.4, 0.5) is 0 Å². The molecule has 4 heteroatoms. The first-order valence-corrected chi connectivity index (χ1v) is 7.56. The van der Waals surface area contributed by atoms with E-state index in [0.717, 1.165) is 12.3 Å². The molecule has 1 aliphatic carbocycles. The summed E-state index contributed by atoms with van der Waals surface area (Å²) < 4.78 is 5.40. The monoisotopic (exact) mass is 412 g/mol. The third-order valence-corrected chi connectivity index (χ3v) is 4.23. The fourth-order valence-electron chi connectivity index (χ4n) is 3.19. The summed E-state index contributed by atoms with van der Waals surface area (Å²) in [5.74, 6) is 0.782. The zero-order chi connectivity index (χ0) is 13.0. The summed E-state index contributed by atoms with van der Waals surface area (Å²) in [6.07, 6.45) is 9.50. The van der Waals surface area contributed by atoms with Gasteiger partial charge >= 0.3 is 0 Å². The SMILES string of the molecule is CC(C)N[C@@H](CC1CCCCC1)[C@@H](O)[C@@H]1[CH-]CO1.[Gd]. The van der Waals surface area contributed by atoms with Crippen LogP contribution in [0.25, 0.3) is 0 Å². The molecule has 2 N–H and O–H groups in total. The van der Waals surface area contributed by atoms with Crippen molar-refractivity contribution >= 4 is 0 Å². The standard InChI is InChI=1S/C15H28NO2.Gd/c1-11(2)16-13(15(17)14-8-9-18-14)10-12-6-4-3-5-7-12;/h8,11-17H,3-7,9-10H2,1-2H3;/q-1;/t13-,14-,15+;/m0./s1. The molecule has 1 saturated carbocycles. The molecule has 1 saturated heterocycles. The maximum Gasteiger partial charge on any atom is 0.0674 e. The molecular formula is C15H28GdNO2-. The number of nitrogens with one attached hydrogen (secondary N) is 1. The summed E-state index contributed by atoms with van der Waals surface area (Å²) in [6, 6.07) is 0.586. The Hall–Kier alpha value is 1.20. The Morgan fingerprint density at radius 1 is 1.26 bits per heavy atom. The van der Waals surface area contributed by atoms with Crippen LogP contribution < -0.4 is 5.32 Å². The second-order valence-corrected chi connectivity index (χ2v) is 6.19. The number of hydrogen-bond acceptors (Lipinski definition) is 3. The molecule has 0 amide bonds. The number of aliphatic hydroxyl groups excluding tert-OH is 1. The largest absolute Gasteiger partial charge is 0.439 e. The van der Waals surface area contributed by atoms with Gasteiger partial charge in [0.25, 0.3) is 0 Å². The van der Waals surface area contributed by atoms with Crippen molar-refractivity contribution < 1.29 is 49.8 Å². The minimum absolute atomic E-state index is 0. The quantitative estimate of drug-likeness (QED) is 0.659. The van der Waals surface area contributed by atoms with Crippen LogP contribution in [-0.2, 0) is 4.74 Å². The second kappa shape index (κ2) is 9.27. The Kier molecular flexibility index (Phi) is 8.90. The summed E-state index contributed by atoms with van der Waals surface area (Å²) in [6.45, 7) is 4.98. The maximum atomic E-state index is 10.4. The fraction of sp³-hybridized carbons (Fsp3) is 0.933. The van der Waals surface area contributed by atoms with E-state index in [-0.39, 0.29) is 58.2 Å². The molecule has 0 unspecified atom stereocenters. The van der Waals surface area contributed by atoms with Crippen molar-refractivity contribution in [3.05, 3.63) is 6.42 Å². The molecule has 0 aromatic heterocycles. The minimum atomic E-state index is -0.386. The van der Waals surface area contributed by atoms with Gasteiger partial charge in [0.2, 0.25) is 0 Å². The van der Waals surface area contributed by atoms with Gasteiger partial charge in [0.1, 0.15) is 0 Å². The van der Waals surface area contributed by atoms with Gasteiger partial charge in [0, 0.05) is 52.0 Å². The topological polar surface area (TPSA) is 41.5 Å². The van der Waals surface area contributed by atoms with E-state index in [1.807, 2.05) is 0 Å². The summed E-state index contributed by atoms with van der Waals surface area (Å²) in [7, 11) is 0. The molecule has 114 valence electrons. The molecule has 3 atom stereocenters. The zero-order valence-electron chi connectivity index (χ0n) is 12.1. The number of rotatable bonds is 6. The van der Waals surface area contributed by atoms with E-state index < -0.39 is 0 Å². The van der Waals surface area contributed by atoms with Gasteiger partial charge in [-0.2, -0.15) is 0 Å². The van der Waals surface area contributed by atoms with Gasteiger partial charge in [0.15, 0.2) is 0 Å². The van der Waals surface area contributed by atoms with Crippen LogP contribution >= 0.6 is 0 Å². The maximum absolute atomic E-state index is 10.4. The first-order valence-electron chi connectivity index (χ1n) is 7.56. The Bertz CT molecular complexity index is 240. The van der Waals surface area contributed by atoms with E-state index in [4.69, 9.17) is 4.74 Å². The van der Waals surface area contributed by atoms with Crippen LogP contribution in [0.2, 0.25) is 0 Å². The Balaban J connectivity index is 0.00000180. The van der Waals surface area contributed by atoms with Gasteiger partial charge in [-0.3, -0.25) is 6.42 Å². The van der Waals surface area contributed by atoms with Crippen molar-refractivity contribution in [3.63, 3.8) is 0 Å². The number of hydrogen-bond donors (Lipinski definition) is 2. The first-order chi connectivity index (χ1) is 8.66. The van der Waals surface area contributed by atoms with Crippen LogP contribution in [0.5, 0.6) is 0 Å². The van der Waals surface area contributed by atoms with Crippen LogP contribution in [0.3, 0.4) is 0 Å². The summed E-state index contributed by atoms with van der Waals surface area (Å²) in [4.78, 5) is 0. The second-order valence-electron chi connectivity index (χ2n) is 6.19. The van der Waals surface area contributed by atoms with Gasteiger partial charge in [-0.05, 0) is 18.4 Å². The zero-order valence-corrected chi connectivity index (χ0v) is 14.4. The number of ether oxygens (including phenoxy) is 1. The van der Waals surface area contributed by atoms with Gasteiger partial charge in [-0.25, -0.2) is 0 Å². The fourth-order valence-corrected chi connectivity index (χ4v) is 3.19. The van der Waals surface area contributed by atoms with Crippen molar-refractivity contribution in [2.45, 2.75) is 76.7 Å². The molecule has 2 aliphatic rings. The van der Waals surface area contributed by atoms with Gasteiger partial charge in [-0.15, -0.1) is 0 Å². The van der Waals surface area contributed by atoms with Crippen LogP contribution in [-0.4, -0.2) is 36.0 Å². The van der Waals surface area contributed by atoms with Crippen LogP contribution in [0.15, 0.2) is 0 Å². The average molecular weight is 412 g/mol. The molecule has 2 fully saturated rings. The van der Waals surface area contributed by atoms with Crippen molar-refractivity contribution in [3.8, 4) is 0 Å². The van der Waals surface area contributed by atoms with E-state index in [1.165, 1.54) is 32.1 Å². The van der Waals surface area contributed by atoms with Gasteiger partial charge in [-0.1, -0.05) is 52.6 Å². The van der Waals surface area contributed by atoms with Crippen molar-refractivity contribution in [1.29, 1.82) is 0 Å². The summed E-state index contributed by atoms with van der Waals surface area (Å²) in [5.41, 5.74) is 0. The minimum Gasteiger partial charge on any atom is -0.439 e. The number of aliphatic hydroxyl groups is 1. The van der Waals surface area contributed by atoms with Crippen molar-refractivity contribution in [2.24, 2.45) is 5.92 Å². The molecule has 0 spiro atoms. The Morgan fingerprint density at radius 2 is 1.89 bits per heavy atom. The molecule has 0 radical (unpaired) electrons. The molecule has 0 aromatic carbocycles. The van der Waals surface area contributed by atoms with E-state index in [1.54, 1.807) is 0 Å². The van der Waals surface area contributed by atoms with Gasteiger partial charge < -0.3 is 15.2 Å². The molecular weight excluding hydrogens is 383 g/mol. The van der Waals surface area contributed by atoms with E-state index >= 15 is 0 Å². The predicted molar refractivity (Wildman–Crippen MR) is 73.3 cm³/mol. The first kappa shape index (κ1) is 18.3. The summed E-state index contributed by atoms with van der Waals surface area (Å²) in [5, 5.41) is 13.9. The smallest absolute Gasteiger partial charge is 0.0674 e. The Labute approximate surface area is 149 Å². The van der Waals surface area contributed by atoms with E-state index in [9.17, 15) is 5.11 Å². The molecule has 1 heterocycles. The predicted octanol–water partition coefficient (Wildman–Crippen LogP) is 2.29.